The van der Waals surface area contributed by atoms with Crippen molar-refractivity contribution in [1.29, 1.82) is 0 Å². The Labute approximate surface area is 152 Å². The summed E-state index contributed by atoms with van der Waals surface area (Å²) in [4.78, 5) is 20.0. The van der Waals surface area contributed by atoms with Gasteiger partial charge in [0.05, 0.1) is 0 Å². The molecule has 0 rings (SSSR count). The molecular formula is C18H34MnO4. The van der Waals surface area contributed by atoms with Gasteiger partial charge in [-0.1, -0.05) is 54.4 Å². The fourth-order valence-electron chi connectivity index (χ4n) is 1.85. The molecule has 4 nitrogen and oxygen atoms in total. The summed E-state index contributed by atoms with van der Waals surface area (Å²) < 4.78 is 0. The van der Waals surface area contributed by atoms with Gasteiger partial charge in [-0.15, -0.1) is 0 Å². The van der Waals surface area contributed by atoms with E-state index < -0.39 is 11.9 Å². The summed E-state index contributed by atoms with van der Waals surface area (Å²) in [5.74, 6) is -1.86. The molecular weight excluding hydrogens is 335 g/mol. The summed E-state index contributed by atoms with van der Waals surface area (Å²) in [5, 5.41) is 20.0. The van der Waals surface area contributed by atoms with Gasteiger partial charge in [0.2, 0.25) is 0 Å². The number of rotatable bonds is 8. The van der Waals surface area contributed by atoms with Crippen molar-refractivity contribution in [3.05, 3.63) is 0 Å². The minimum absolute atomic E-state index is 0. The van der Waals surface area contributed by atoms with Crippen molar-refractivity contribution >= 4 is 11.9 Å². The van der Waals surface area contributed by atoms with Gasteiger partial charge in [-0.05, 0) is 49.4 Å². The molecule has 137 valence electrons. The summed E-state index contributed by atoms with van der Waals surface area (Å²) in [7, 11) is 0. The van der Waals surface area contributed by atoms with Gasteiger partial charge in [0.15, 0.2) is 0 Å². The Balaban J connectivity index is -0.000000333. The van der Waals surface area contributed by atoms with E-state index in [1.807, 2.05) is 0 Å². The van der Waals surface area contributed by atoms with Crippen molar-refractivity contribution in [2.75, 3.05) is 0 Å². The molecule has 0 spiro atoms. The van der Waals surface area contributed by atoms with Crippen LogP contribution in [0.2, 0.25) is 0 Å². The predicted molar refractivity (Wildman–Crippen MR) is 85.9 cm³/mol. The molecule has 0 bridgehead atoms. The van der Waals surface area contributed by atoms with Crippen molar-refractivity contribution in [2.24, 2.45) is 10.8 Å². The normalized spacial score (nSPS) is 11.0. The molecule has 0 unspecified atom stereocenters. The molecule has 23 heavy (non-hydrogen) atoms. The van der Waals surface area contributed by atoms with Crippen LogP contribution in [-0.2, 0) is 26.7 Å². The maximum Gasteiger partial charge on any atom is 2.00 e. The second-order valence-electron chi connectivity index (χ2n) is 8.28. The van der Waals surface area contributed by atoms with E-state index in [-0.39, 0.29) is 29.9 Å². The molecule has 0 aliphatic rings. The third kappa shape index (κ3) is 34.0. The van der Waals surface area contributed by atoms with E-state index in [2.05, 4.69) is 41.5 Å². The first-order valence-corrected chi connectivity index (χ1v) is 8.23. The van der Waals surface area contributed by atoms with E-state index >= 15 is 0 Å². The number of carbonyl (C=O) groups is 2. The molecule has 0 heterocycles. The average Bonchev–Trinajstić information content (AvgIpc) is 2.28. The zero-order chi connectivity index (χ0) is 17.8. The number of aliphatic carboxylic acids is 2. The maximum absolute atomic E-state index is 10.0. The molecule has 0 saturated carbocycles. The zero-order valence-corrected chi connectivity index (χ0v) is 16.8. The van der Waals surface area contributed by atoms with E-state index in [0.29, 0.717) is 10.8 Å². The molecule has 0 aromatic heterocycles. The fourth-order valence-corrected chi connectivity index (χ4v) is 1.85. The quantitative estimate of drug-likeness (QED) is 0.487. The molecule has 0 atom stereocenters. The Morgan fingerprint density at radius 1 is 0.652 bits per heavy atom. The van der Waals surface area contributed by atoms with E-state index in [1.165, 1.54) is 0 Å². The van der Waals surface area contributed by atoms with Crippen molar-refractivity contribution in [1.82, 2.24) is 0 Å². The van der Waals surface area contributed by atoms with Crippen LogP contribution in [0, 0.1) is 10.8 Å². The fraction of sp³-hybridized carbons (Fsp3) is 0.889. The Hall–Kier alpha value is -0.541. The molecule has 0 aromatic rings. The van der Waals surface area contributed by atoms with Gasteiger partial charge in [-0.3, -0.25) is 0 Å². The minimum Gasteiger partial charge on any atom is -0.550 e. The first-order valence-electron chi connectivity index (χ1n) is 8.23. The zero-order valence-electron chi connectivity index (χ0n) is 15.7. The minimum atomic E-state index is -0.932. The Morgan fingerprint density at radius 2 is 0.913 bits per heavy atom. The van der Waals surface area contributed by atoms with Gasteiger partial charge in [0.25, 0.3) is 0 Å². The summed E-state index contributed by atoms with van der Waals surface area (Å²) >= 11 is 0. The van der Waals surface area contributed by atoms with Crippen LogP contribution in [0.4, 0.5) is 0 Å². The Morgan fingerprint density at radius 3 is 1.09 bits per heavy atom. The van der Waals surface area contributed by atoms with Crippen LogP contribution in [0.3, 0.4) is 0 Å². The summed E-state index contributed by atoms with van der Waals surface area (Å²) in [6, 6.07) is 0. The van der Waals surface area contributed by atoms with Gasteiger partial charge >= 0.3 is 17.1 Å². The number of carboxylic acids is 2. The van der Waals surface area contributed by atoms with Crippen molar-refractivity contribution in [2.45, 2.75) is 92.9 Å². The number of carbonyl (C=O) groups excluding carboxylic acids is 2. The smallest absolute Gasteiger partial charge is 0.550 e. The Kier molecular flexibility index (Phi) is 16.5. The monoisotopic (exact) mass is 369 g/mol. The van der Waals surface area contributed by atoms with Crippen LogP contribution < -0.4 is 10.2 Å². The number of hydrogen-bond acceptors (Lipinski definition) is 4. The standard InChI is InChI=1S/2C9H18O2.Mn/c2*1-9(2,3)7-5-4-6-8(10)11;/h2*4-7H2,1-3H3,(H,10,11);/q;;+2/p-2. The predicted octanol–water partition coefficient (Wildman–Crippen LogP) is 2.68. The molecule has 0 aliphatic carbocycles. The molecule has 1 radical (unpaired) electrons. The van der Waals surface area contributed by atoms with Crippen LogP contribution in [0.15, 0.2) is 0 Å². The van der Waals surface area contributed by atoms with Crippen LogP contribution in [0.25, 0.3) is 0 Å². The molecule has 0 aromatic carbocycles. The molecule has 0 N–H and O–H groups in total. The van der Waals surface area contributed by atoms with Crippen LogP contribution in [0.1, 0.15) is 92.9 Å². The second-order valence-corrected chi connectivity index (χ2v) is 8.28. The molecule has 0 amide bonds. The summed E-state index contributed by atoms with van der Waals surface area (Å²) in [6.45, 7) is 13.0. The van der Waals surface area contributed by atoms with Gasteiger partial charge < -0.3 is 19.8 Å². The van der Waals surface area contributed by atoms with Crippen molar-refractivity contribution in [3.8, 4) is 0 Å². The van der Waals surface area contributed by atoms with Gasteiger partial charge in [0.1, 0.15) is 0 Å². The molecule has 0 fully saturated rings. The first kappa shape index (κ1) is 27.3. The summed E-state index contributed by atoms with van der Waals surface area (Å²) in [5.41, 5.74) is 0.651. The van der Waals surface area contributed by atoms with Gasteiger partial charge in [-0.25, -0.2) is 0 Å². The van der Waals surface area contributed by atoms with Crippen LogP contribution in [-0.4, -0.2) is 11.9 Å². The van der Waals surface area contributed by atoms with Crippen LogP contribution in [0.5, 0.6) is 0 Å². The number of unbranched alkanes of at least 4 members (excludes halogenated alkanes) is 2. The third-order valence-electron chi connectivity index (χ3n) is 3.12. The summed E-state index contributed by atoms with van der Waals surface area (Å²) in [6.07, 6.45) is 6.04. The SMILES string of the molecule is CC(C)(C)CCCCC(=O)[O-].CC(C)(C)CCCCC(=O)[O-].[Mn+2]. The van der Waals surface area contributed by atoms with Gasteiger partial charge in [0, 0.05) is 11.9 Å². The second kappa shape index (κ2) is 13.9. The topological polar surface area (TPSA) is 80.3 Å². The maximum atomic E-state index is 10.0. The number of hydrogen-bond donors (Lipinski definition) is 0. The molecule has 0 aliphatic heterocycles. The molecule has 0 saturated heterocycles. The van der Waals surface area contributed by atoms with Gasteiger partial charge in [-0.2, -0.15) is 0 Å². The number of carboxylic acid groups (broad SMARTS) is 2. The first-order chi connectivity index (χ1) is 9.83. The van der Waals surface area contributed by atoms with E-state index in [1.54, 1.807) is 0 Å². The van der Waals surface area contributed by atoms with Crippen molar-refractivity contribution in [3.63, 3.8) is 0 Å². The van der Waals surface area contributed by atoms with Crippen LogP contribution >= 0.6 is 0 Å². The van der Waals surface area contributed by atoms with E-state index in [0.717, 1.165) is 38.5 Å². The van der Waals surface area contributed by atoms with Crippen molar-refractivity contribution < 1.29 is 36.9 Å². The van der Waals surface area contributed by atoms with E-state index in [9.17, 15) is 19.8 Å². The third-order valence-corrected chi connectivity index (χ3v) is 3.12. The van der Waals surface area contributed by atoms with E-state index in [4.69, 9.17) is 0 Å². The molecule has 5 heteroatoms. The largest absolute Gasteiger partial charge is 2.00 e. The Bertz CT molecular complexity index is 282. The average molecular weight is 369 g/mol.